The minimum atomic E-state index is 0.494. The topological polar surface area (TPSA) is 103 Å². The Hall–Kier alpha value is -2.58. The SMILES string of the molecule is c1ncn(Cc2n[nH]c(Cn3cncn3)n2)n1. The van der Waals surface area contributed by atoms with E-state index < -0.39 is 0 Å². The molecule has 0 radical (unpaired) electrons. The van der Waals surface area contributed by atoms with Crippen molar-refractivity contribution >= 4 is 0 Å². The van der Waals surface area contributed by atoms with Crippen molar-refractivity contribution in [2.45, 2.75) is 13.1 Å². The molecule has 3 heterocycles. The van der Waals surface area contributed by atoms with Crippen LogP contribution in [0, 0.1) is 0 Å². The first kappa shape index (κ1) is 9.63. The lowest BCUT2D eigenvalue weighted by molar-refractivity contribution is 0.647. The number of hydrogen-bond acceptors (Lipinski definition) is 6. The van der Waals surface area contributed by atoms with Gasteiger partial charge in [-0.3, -0.25) is 5.10 Å². The Balaban J connectivity index is 1.70. The molecule has 9 heteroatoms. The van der Waals surface area contributed by atoms with E-state index >= 15 is 0 Å². The molecule has 0 saturated heterocycles. The van der Waals surface area contributed by atoms with Crippen LogP contribution in [0.5, 0.6) is 0 Å². The van der Waals surface area contributed by atoms with Crippen LogP contribution in [0.4, 0.5) is 0 Å². The van der Waals surface area contributed by atoms with Gasteiger partial charge in [-0.15, -0.1) is 0 Å². The maximum Gasteiger partial charge on any atom is 0.172 e. The standard InChI is InChI=1S/C8H9N9/c1(16-5-9-3-11-16)7-13-8(15-14-7)2-17-6-10-4-12-17/h3-6H,1-2H2,(H,13,14,15). The monoisotopic (exact) mass is 231 g/mol. The number of hydrogen-bond donors (Lipinski definition) is 1. The molecule has 0 amide bonds. The van der Waals surface area contributed by atoms with Gasteiger partial charge in [-0.2, -0.15) is 15.3 Å². The van der Waals surface area contributed by atoms with Gasteiger partial charge in [0.05, 0.1) is 0 Å². The highest BCUT2D eigenvalue weighted by Crippen LogP contribution is 1.97. The molecule has 0 bridgehead atoms. The lowest BCUT2D eigenvalue weighted by Crippen LogP contribution is -2.03. The van der Waals surface area contributed by atoms with Gasteiger partial charge >= 0.3 is 0 Å². The molecular weight excluding hydrogens is 222 g/mol. The van der Waals surface area contributed by atoms with Gasteiger partial charge in [0.25, 0.3) is 0 Å². The number of H-pyrrole nitrogens is 1. The quantitative estimate of drug-likeness (QED) is 0.623. The first-order valence-corrected chi connectivity index (χ1v) is 4.95. The molecule has 86 valence electrons. The van der Waals surface area contributed by atoms with Crippen LogP contribution in [0.25, 0.3) is 0 Å². The van der Waals surface area contributed by atoms with Crippen molar-refractivity contribution < 1.29 is 0 Å². The van der Waals surface area contributed by atoms with Crippen molar-refractivity contribution in [1.29, 1.82) is 0 Å². The van der Waals surface area contributed by atoms with Crippen LogP contribution in [0.1, 0.15) is 11.6 Å². The van der Waals surface area contributed by atoms with Crippen molar-refractivity contribution in [2.75, 3.05) is 0 Å². The third kappa shape index (κ3) is 2.17. The van der Waals surface area contributed by atoms with Gasteiger partial charge < -0.3 is 0 Å². The summed E-state index contributed by atoms with van der Waals surface area (Å²) in [6, 6.07) is 0. The highest BCUT2D eigenvalue weighted by atomic mass is 15.4. The molecule has 3 aromatic rings. The zero-order chi connectivity index (χ0) is 11.5. The van der Waals surface area contributed by atoms with Crippen LogP contribution in [0.15, 0.2) is 25.3 Å². The Morgan fingerprint density at radius 3 is 2.35 bits per heavy atom. The van der Waals surface area contributed by atoms with Gasteiger partial charge in [-0.05, 0) is 0 Å². The second-order valence-electron chi connectivity index (χ2n) is 3.38. The summed E-state index contributed by atoms with van der Waals surface area (Å²) in [5, 5.41) is 14.9. The van der Waals surface area contributed by atoms with E-state index in [2.05, 4.69) is 35.3 Å². The van der Waals surface area contributed by atoms with Crippen LogP contribution in [0.3, 0.4) is 0 Å². The Labute approximate surface area is 95.5 Å². The van der Waals surface area contributed by atoms with Crippen molar-refractivity contribution in [3.8, 4) is 0 Å². The zero-order valence-corrected chi connectivity index (χ0v) is 8.80. The molecule has 0 atom stereocenters. The fourth-order valence-electron chi connectivity index (χ4n) is 1.40. The number of rotatable bonds is 4. The van der Waals surface area contributed by atoms with Crippen molar-refractivity contribution in [3.05, 3.63) is 37.0 Å². The Kier molecular flexibility index (Phi) is 2.33. The van der Waals surface area contributed by atoms with E-state index in [0.717, 1.165) is 5.82 Å². The molecule has 0 aromatic carbocycles. The number of aromatic amines is 1. The van der Waals surface area contributed by atoms with E-state index in [0.29, 0.717) is 18.9 Å². The Morgan fingerprint density at radius 1 is 1.00 bits per heavy atom. The van der Waals surface area contributed by atoms with Crippen LogP contribution < -0.4 is 0 Å². The van der Waals surface area contributed by atoms with E-state index in [-0.39, 0.29) is 0 Å². The smallest absolute Gasteiger partial charge is 0.172 e. The molecule has 0 aliphatic heterocycles. The summed E-state index contributed by atoms with van der Waals surface area (Å²) in [4.78, 5) is 12.0. The molecule has 17 heavy (non-hydrogen) atoms. The van der Waals surface area contributed by atoms with Crippen LogP contribution >= 0.6 is 0 Å². The van der Waals surface area contributed by atoms with Crippen molar-refractivity contribution in [3.63, 3.8) is 0 Å². The zero-order valence-electron chi connectivity index (χ0n) is 8.80. The molecule has 0 spiro atoms. The van der Waals surface area contributed by atoms with Gasteiger partial charge in [0.2, 0.25) is 0 Å². The third-order valence-electron chi connectivity index (χ3n) is 2.13. The van der Waals surface area contributed by atoms with Crippen LogP contribution in [0.2, 0.25) is 0 Å². The summed E-state index contributed by atoms with van der Waals surface area (Å²) in [6.45, 7) is 1.01. The van der Waals surface area contributed by atoms with Crippen LogP contribution in [-0.4, -0.2) is 44.7 Å². The summed E-state index contributed by atoms with van der Waals surface area (Å²) in [5.74, 6) is 1.39. The minimum absolute atomic E-state index is 0.494. The van der Waals surface area contributed by atoms with Gasteiger partial charge in [0.1, 0.15) is 44.2 Å². The highest BCUT2D eigenvalue weighted by molar-refractivity contribution is 4.91. The lowest BCUT2D eigenvalue weighted by atomic mass is 10.6. The maximum atomic E-state index is 4.32. The van der Waals surface area contributed by atoms with Crippen molar-refractivity contribution in [1.82, 2.24) is 44.7 Å². The number of aromatic nitrogens is 9. The first-order chi connectivity index (χ1) is 8.40. The molecule has 1 N–H and O–H groups in total. The summed E-state index contributed by atoms with van der Waals surface area (Å²) < 4.78 is 3.32. The molecule has 9 nitrogen and oxygen atoms in total. The lowest BCUT2D eigenvalue weighted by Gasteiger charge is -1.94. The van der Waals surface area contributed by atoms with Crippen LogP contribution in [-0.2, 0) is 13.1 Å². The second-order valence-corrected chi connectivity index (χ2v) is 3.38. The highest BCUT2D eigenvalue weighted by Gasteiger charge is 2.05. The average Bonchev–Trinajstić information content (AvgIpc) is 3.02. The molecule has 3 aromatic heterocycles. The number of nitrogens with zero attached hydrogens (tertiary/aromatic N) is 8. The Bertz CT molecular complexity index is 513. The summed E-state index contributed by atoms with van der Waals surface area (Å²) in [6.07, 6.45) is 6.20. The molecule has 0 unspecified atom stereocenters. The van der Waals surface area contributed by atoms with E-state index in [1.165, 1.54) is 12.7 Å². The third-order valence-corrected chi connectivity index (χ3v) is 2.13. The second kappa shape index (κ2) is 4.12. The van der Waals surface area contributed by atoms with E-state index in [4.69, 9.17) is 0 Å². The predicted octanol–water partition coefficient (Wildman–Crippen LogP) is -0.916. The molecule has 0 aliphatic rings. The average molecular weight is 231 g/mol. The van der Waals surface area contributed by atoms with Gasteiger partial charge in [-0.1, -0.05) is 0 Å². The van der Waals surface area contributed by atoms with E-state index in [9.17, 15) is 0 Å². The largest absolute Gasteiger partial charge is 0.261 e. The Morgan fingerprint density at radius 2 is 1.71 bits per heavy atom. The van der Waals surface area contributed by atoms with E-state index in [1.807, 2.05) is 0 Å². The molecular formula is C8H9N9. The summed E-state index contributed by atoms with van der Waals surface area (Å²) in [7, 11) is 0. The summed E-state index contributed by atoms with van der Waals surface area (Å²) >= 11 is 0. The molecule has 3 rings (SSSR count). The predicted molar refractivity (Wildman–Crippen MR) is 54.6 cm³/mol. The van der Waals surface area contributed by atoms with E-state index in [1.54, 1.807) is 22.0 Å². The fourth-order valence-corrected chi connectivity index (χ4v) is 1.40. The first-order valence-electron chi connectivity index (χ1n) is 4.95. The molecule has 0 aliphatic carbocycles. The fraction of sp³-hybridized carbons (Fsp3) is 0.250. The maximum absolute atomic E-state index is 4.32. The van der Waals surface area contributed by atoms with Gasteiger partial charge in [0.15, 0.2) is 5.82 Å². The minimum Gasteiger partial charge on any atom is -0.261 e. The normalized spacial score (nSPS) is 10.8. The van der Waals surface area contributed by atoms with Crippen molar-refractivity contribution in [2.24, 2.45) is 0 Å². The number of nitrogens with one attached hydrogen (secondary N) is 1. The summed E-state index contributed by atoms with van der Waals surface area (Å²) in [5.41, 5.74) is 0. The molecule has 0 saturated carbocycles. The molecule has 0 fully saturated rings. The van der Waals surface area contributed by atoms with Gasteiger partial charge in [0, 0.05) is 0 Å². The van der Waals surface area contributed by atoms with Gasteiger partial charge in [-0.25, -0.2) is 24.3 Å².